The van der Waals surface area contributed by atoms with Crippen molar-refractivity contribution in [3.05, 3.63) is 0 Å². The molecule has 1 saturated carbocycles. The van der Waals surface area contributed by atoms with E-state index in [4.69, 9.17) is 5.73 Å². The van der Waals surface area contributed by atoms with E-state index in [2.05, 4.69) is 19.2 Å². The fourth-order valence-electron chi connectivity index (χ4n) is 1.86. The third-order valence-electron chi connectivity index (χ3n) is 3.37. The highest BCUT2D eigenvalue weighted by Crippen LogP contribution is 2.50. The summed E-state index contributed by atoms with van der Waals surface area (Å²) in [5, 5.41) is 3.01. The van der Waals surface area contributed by atoms with E-state index in [0.717, 1.165) is 32.4 Å². The number of carbonyl (C=O) groups excluding carboxylic acids is 1. The van der Waals surface area contributed by atoms with E-state index in [9.17, 15) is 4.79 Å². The molecule has 15 heavy (non-hydrogen) atoms. The van der Waals surface area contributed by atoms with Gasteiger partial charge in [0.05, 0.1) is 0 Å². The minimum atomic E-state index is 0.203. The third-order valence-corrected chi connectivity index (χ3v) is 3.37. The Labute approximate surface area is 92.8 Å². The van der Waals surface area contributed by atoms with Gasteiger partial charge in [-0.05, 0) is 37.1 Å². The van der Waals surface area contributed by atoms with Gasteiger partial charge in [0.15, 0.2) is 0 Å². The number of unbranched alkanes of at least 4 members (excludes halogenated alkanes) is 2. The van der Waals surface area contributed by atoms with Crippen molar-refractivity contribution in [1.29, 1.82) is 0 Å². The van der Waals surface area contributed by atoms with Crippen molar-refractivity contribution in [2.24, 2.45) is 17.1 Å². The van der Waals surface area contributed by atoms with Gasteiger partial charge in [-0.2, -0.15) is 0 Å². The number of hydrogen-bond donors (Lipinski definition) is 2. The summed E-state index contributed by atoms with van der Waals surface area (Å²) in [5.74, 6) is 0.903. The molecular weight excluding hydrogens is 188 g/mol. The first-order chi connectivity index (χ1) is 7.06. The van der Waals surface area contributed by atoms with Gasteiger partial charge in [0, 0.05) is 13.0 Å². The standard InChI is InChI=1S/C12H24N2O/c1-12(2)8-10(12)9-14-11(15)6-4-3-5-7-13/h10H,3-9,13H2,1-2H3,(H,14,15). The van der Waals surface area contributed by atoms with Crippen molar-refractivity contribution >= 4 is 5.91 Å². The Bertz CT molecular complexity index is 214. The normalized spacial score (nSPS) is 22.5. The molecular formula is C12H24N2O. The number of amides is 1. The number of hydrogen-bond acceptors (Lipinski definition) is 2. The molecule has 1 fully saturated rings. The number of nitrogens with one attached hydrogen (secondary N) is 1. The topological polar surface area (TPSA) is 55.1 Å². The summed E-state index contributed by atoms with van der Waals surface area (Å²) in [4.78, 5) is 11.4. The van der Waals surface area contributed by atoms with Gasteiger partial charge in [-0.15, -0.1) is 0 Å². The van der Waals surface area contributed by atoms with Gasteiger partial charge < -0.3 is 11.1 Å². The lowest BCUT2D eigenvalue weighted by atomic mass is 10.1. The molecule has 3 nitrogen and oxygen atoms in total. The molecule has 1 aliphatic rings. The molecule has 1 aliphatic carbocycles. The lowest BCUT2D eigenvalue weighted by Crippen LogP contribution is -2.26. The van der Waals surface area contributed by atoms with Crippen LogP contribution in [0.15, 0.2) is 0 Å². The highest BCUT2D eigenvalue weighted by Gasteiger charge is 2.45. The van der Waals surface area contributed by atoms with E-state index < -0.39 is 0 Å². The summed E-state index contributed by atoms with van der Waals surface area (Å²) in [6.07, 6.45) is 4.98. The molecule has 1 atom stereocenters. The van der Waals surface area contributed by atoms with E-state index in [1.54, 1.807) is 0 Å². The molecule has 1 amide bonds. The zero-order valence-electron chi connectivity index (χ0n) is 10.0. The fraction of sp³-hybridized carbons (Fsp3) is 0.917. The predicted octanol–water partition coefficient (Wildman–Crippen LogP) is 1.67. The summed E-state index contributed by atoms with van der Waals surface area (Å²) in [5.41, 5.74) is 5.85. The SMILES string of the molecule is CC1(C)CC1CNC(=O)CCCCCN. The van der Waals surface area contributed by atoms with E-state index in [-0.39, 0.29) is 5.91 Å². The highest BCUT2D eigenvalue weighted by atomic mass is 16.1. The van der Waals surface area contributed by atoms with Crippen LogP contribution in [0.2, 0.25) is 0 Å². The maximum atomic E-state index is 11.4. The van der Waals surface area contributed by atoms with Crippen molar-refractivity contribution in [1.82, 2.24) is 5.32 Å². The van der Waals surface area contributed by atoms with Crippen LogP contribution in [0.1, 0.15) is 46.0 Å². The number of nitrogens with two attached hydrogens (primary N) is 1. The van der Waals surface area contributed by atoms with E-state index >= 15 is 0 Å². The number of carbonyl (C=O) groups is 1. The number of rotatable bonds is 7. The monoisotopic (exact) mass is 212 g/mol. The van der Waals surface area contributed by atoms with Gasteiger partial charge in [-0.3, -0.25) is 4.79 Å². The summed E-state index contributed by atoms with van der Waals surface area (Å²) < 4.78 is 0. The molecule has 3 heteroatoms. The van der Waals surface area contributed by atoms with Gasteiger partial charge in [-0.25, -0.2) is 0 Å². The van der Waals surface area contributed by atoms with Gasteiger partial charge in [0.1, 0.15) is 0 Å². The second kappa shape index (κ2) is 5.50. The van der Waals surface area contributed by atoms with Crippen LogP contribution in [0, 0.1) is 11.3 Å². The van der Waals surface area contributed by atoms with E-state index in [1.165, 1.54) is 6.42 Å². The second-order valence-corrected chi connectivity index (χ2v) is 5.29. The Morgan fingerprint density at radius 3 is 2.60 bits per heavy atom. The van der Waals surface area contributed by atoms with Gasteiger partial charge in [0.25, 0.3) is 0 Å². The van der Waals surface area contributed by atoms with Crippen molar-refractivity contribution in [2.45, 2.75) is 46.0 Å². The summed E-state index contributed by atoms with van der Waals surface area (Å²) in [7, 11) is 0. The van der Waals surface area contributed by atoms with Gasteiger partial charge >= 0.3 is 0 Å². The largest absolute Gasteiger partial charge is 0.356 e. The Hall–Kier alpha value is -0.570. The highest BCUT2D eigenvalue weighted by molar-refractivity contribution is 5.75. The first kappa shape index (κ1) is 12.5. The Kier molecular flexibility index (Phi) is 4.58. The lowest BCUT2D eigenvalue weighted by molar-refractivity contribution is -0.121. The zero-order valence-corrected chi connectivity index (χ0v) is 10.0. The van der Waals surface area contributed by atoms with Crippen LogP contribution < -0.4 is 11.1 Å². The molecule has 0 aromatic rings. The van der Waals surface area contributed by atoms with E-state index in [1.807, 2.05) is 0 Å². The average molecular weight is 212 g/mol. The van der Waals surface area contributed by atoms with E-state index in [0.29, 0.717) is 17.8 Å². The molecule has 0 heterocycles. The maximum Gasteiger partial charge on any atom is 0.220 e. The van der Waals surface area contributed by atoms with Crippen LogP contribution in [-0.2, 0) is 4.79 Å². The van der Waals surface area contributed by atoms with Crippen LogP contribution in [-0.4, -0.2) is 19.0 Å². The molecule has 0 aliphatic heterocycles. The van der Waals surface area contributed by atoms with Gasteiger partial charge in [-0.1, -0.05) is 20.3 Å². The molecule has 3 N–H and O–H groups in total. The molecule has 0 saturated heterocycles. The molecule has 0 bridgehead atoms. The van der Waals surface area contributed by atoms with Gasteiger partial charge in [0.2, 0.25) is 5.91 Å². The fourth-order valence-corrected chi connectivity index (χ4v) is 1.86. The minimum absolute atomic E-state index is 0.203. The van der Waals surface area contributed by atoms with Crippen LogP contribution in [0.25, 0.3) is 0 Å². The third kappa shape index (κ3) is 4.65. The molecule has 0 aromatic carbocycles. The Morgan fingerprint density at radius 1 is 1.40 bits per heavy atom. The van der Waals surface area contributed by atoms with Crippen LogP contribution in [0.3, 0.4) is 0 Å². The molecule has 1 rings (SSSR count). The Morgan fingerprint density at radius 2 is 2.07 bits per heavy atom. The van der Waals surface area contributed by atoms with Crippen molar-refractivity contribution < 1.29 is 4.79 Å². The minimum Gasteiger partial charge on any atom is -0.356 e. The molecule has 0 aromatic heterocycles. The quantitative estimate of drug-likeness (QED) is 0.631. The summed E-state index contributed by atoms with van der Waals surface area (Å²) in [6.45, 7) is 6.11. The second-order valence-electron chi connectivity index (χ2n) is 5.29. The zero-order chi connectivity index (χ0) is 11.3. The Balaban J connectivity index is 1.95. The van der Waals surface area contributed by atoms with Crippen molar-refractivity contribution in [3.63, 3.8) is 0 Å². The molecule has 88 valence electrons. The smallest absolute Gasteiger partial charge is 0.220 e. The van der Waals surface area contributed by atoms with Crippen molar-refractivity contribution in [2.75, 3.05) is 13.1 Å². The lowest BCUT2D eigenvalue weighted by Gasteiger charge is -2.06. The molecule has 0 radical (unpaired) electrons. The maximum absolute atomic E-state index is 11.4. The van der Waals surface area contributed by atoms with Crippen LogP contribution >= 0.6 is 0 Å². The van der Waals surface area contributed by atoms with Crippen LogP contribution in [0.4, 0.5) is 0 Å². The molecule has 1 unspecified atom stereocenters. The average Bonchev–Trinajstić information content (AvgIpc) is 2.78. The first-order valence-corrected chi connectivity index (χ1v) is 6.03. The predicted molar refractivity (Wildman–Crippen MR) is 62.4 cm³/mol. The van der Waals surface area contributed by atoms with Crippen LogP contribution in [0.5, 0.6) is 0 Å². The van der Waals surface area contributed by atoms with Crippen molar-refractivity contribution in [3.8, 4) is 0 Å². The summed E-state index contributed by atoms with van der Waals surface area (Å²) >= 11 is 0. The first-order valence-electron chi connectivity index (χ1n) is 6.03. The summed E-state index contributed by atoms with van der Waals surface area (Å²) in [6, 6.07) is 0. The molecule has 0 spiro atoms.